The number of nitrogens with one attached hydrogen (secondary N) is 3. The number of hydrogen-bond acceptors (Lipinski definition) is 5. The van der Waals surface area contributed by atoms with Gasteiger partial charge in [-0.05, 0) is 28.9 Å². The number of H-pyrrole nitrogens is 2. The number of fused-ring (bicyclic) bond motifs is 2. The molecule has 0 spiro atoms. The molecule has 0 saturated carbocycles. The predicted octanol–water partition coefficient (Wildman–Crippen LogP) is 3.43. The van der Waals surface area contributed by atoms with Crippen LogP contribution < -0.4 is 21.3 Å². The van der Waals surface area contributed by atoms with E-state index in [9.17, 15) is 14.4 Å². The van der Waals surface area contributed by atoms with Crippen molar-refractivity contribution in [2.24, 2.45) is 5.41 Å². The molecule has 0 radical (unpaired) electrons. The Morgan fingerprint density at radius 2 is 1.74 bits per heavy atom. The van der Waals surface area contributed by atoms with Crippen LogP contribution >= 0.6 is 0 Å². The number of allylic oxidation sites excluding steroid dienone is 2. The van der Waals surface area contributed by atoms with E-state index in [2.05, 4.69) is 15.3 Å². The molecule has 7 nitrogen and oxygen atoms in total. The highest BCUT2D eigenvalue weighted by molar-refractivity contribution is 6.03. The number of Topliss-reactive ketones (excluding diaryl/α,β-unsaturated/α-hetero) is 1. The zero-order valence-corrected chi connectivity index (χ0v) is 17.6. The van der Waals surface area contributed by atoms with Gasteiger partial charge in [0.1, 0.15) is 11.6 Å². The van der Waals surface area contributed by atoms with Gasteiger partial charge in [-0.2, -0.15) is 0 Å². The number of aromatic nitrogens is 2. The van der Waals surface area contributed by atoms with Gasteiger partial charge in [-0.25, -0.2) is 4.79 Å². The molecule has 0 fully saturated rings. The van der Waals surface area contributed by atoms with Crippen molar-refractivity contribution in [1.82, 2.24) is 9.97 Å². The Labute approximate surface area is 178 Å². The van der Waals surface area contributed by atoms with E-state index in [0.717, 1.165) is 22.0 Å². The Morgan fingerprint density at radius 1 is 1.00 bits per heavy atom. The van der Waals surface area contributed by atoms with E-state index in [-0.39, 0.29) is 11.2 Å². The fourth-order valence-electron chi connectivity index (χ4n) is 5.00. The highest BCUT2D eigenvalue weighted by Gasteiger charge is 2.42. The minimum Gasteiger partial charge on any atom is -0.496 e. The Balaban J connectivity index is 1.89. The molecule has 0 amide bonds. The maximum Gasteiger partial charge on any atom is 0.327 e. The van der Waals surface area contributed by atoms with Crippen LogP contribution in [0, 0.1) is 5.41 Å². The Kier molecular flexibility index (Phi) is 4.18. The van der Waals surface area contributed by atoms with Crippen molar-refractivity contribution in [1.29, 1.82) is 0 Å². The van der Waals surface area contributed by atoms with Gasteiger partial charge in [0.05, 0.1) is 12.7 Å². The predicted molar refractivity (Wildman–Crippen MR) is 119 cm³/mol. The first kappa shape index (κ1) is 19.4. The quantitative estimate of drug-likeness (QED) is 0.593. The van der Waals surface area contributed by atoms with Gasteiger partial charge < -0.3 is 10.1 Å². The van der Waals surface area contributed by atoms with Crippen molar-refractivity contribution in [3.8, 4) is 5.75 Å². The third-order valence-electron chi connectivity index (χ3n) is 6.18. The standard InChI is InChI=1S/C24H23N3O4/c1-24(2)10-14-19(15(28)11-24)18(20-21(25-14)26-23(30)27-22(20)29)13-8-4-6-12-7-5-9-16(31-3)17(12)13/h4-9,18H,10-11H2,1-3H3,(H3,25,26,27,29,30)/t18-/m0/s1. The van der Waals surface area contributed by atoms with Crippen LogP contribution in [-0.2, 0) is 4.79 Å². The number of anilines is 1. The first-order valence-corrected chi connectivity index (χ1v) is 10.2. The van der Waals surface area contributed by atoms with E-state index >= 15 is 0 Å². The molecule has 3 aromatic rings. The third kappa shape index (κ3) is 3.00. The summed E-state index contributed by atoms with van der Waals surface area (Å²) >= 11 is 0. The number of rotatable bonds is 2. The fraction of sp³-hybridized carbons (Fsp3) is 0.292. The molecule has 31 heavy (non-hydrogen) atoms. The molecule has 1 aromatic heterocycles. The van der Waals surface area contributed by atoms with Gasteiger partial charge in [0, 0.05) is 29.0 Å². The zero-order valence-electron chi connectivity index (χ0n) is 17.6. The van der Waals surface area contributed by atoms with E-state index in [4.69, 9.17) is 4.74 Å². The summed E-state index contributed by atoms with van der Waals surface area (Å²) in [7, 11) is 1.60. The molecule has 158 valence electrons. The molecule has 2 heterocycles. The highest BCUT2D eigenvalue weighted by Crippen LogP contribution is 2.49. The number of ketones is 1. The summed E-state index contributed by atoms with van der Waals surface area (Å²) in [5, 5.41) is 4.99. The number of aromatic amines is 2. The van der Waals surface area contributed by atoms with Crippen molar-refractivity contribution in [2.45, 2.75) is 32.6 Å². The monoisotopic (exact) mass is 417 g/mol. The summed E-state index contributed by atoms with van der Waals surface area (Å²) in [6, 6.07) is 11.6. The first-order chi connectivity index (χ1) is 14.8. The van der Waals surface area contributed by atoms with Crippen LogP contribution in [-0.4, -0.2) is 22.9 Å². The summed E-state index contributed by atoms with van der Waals surface area (Å²) in [6.07, 6.45) is 1.03. The summed E-state index contributed by atoms with van der Waals surface area (Å²) in [5.41, 5.74) is 1.17. The van der Waals surface area contributed by atoms with E-state index in [1.54, 1.807) is 7.11 Å². The molecular formula is C24H23N3O4. The molecule has 0 unspecified atom stereocenters. The van der Waals surface area contributed by atoms with Crippen molar-refractivity contribution in [3.05, 3.63) is 79.6 Å². The molecule has 3 N–H and O–H groups in total. The summed E-state index contributed by atoms with van der Waals surface area (Å²) < 4.78 is 5.63. The van der Waals surface area contributed by atoms with Crippen LogP contribution in [0.25, 0.3) is 10.8 Å². The van der Waals surface area contributed by atoms with Gasteiger partial charge in [-0.1, -0.05) is 44.2 Å². The summed E-state index contributed by atoms with van der Waals surface area (Å²) in [5.74, 6) is 0.400. The largest absolute Gasteiger partial charge is 0.496 e. The zero-order chi connectivity index (χ0) is 21.9. The fourth-order valence-corrected chi connectivity index (χ4v) is 5.00. The number of methoxy groups -OCH3 is 1. The minimum absolute atomic E-state index is 0.00639. The second-order valence-electron chi connectivity index (χ2n) is 8.99. The van der Waals surface area contributed by atoms with Gasteiger partial charge in [0.2, 0.25) is 0 Å². The SMILES string of the molecule is COc1cccc2cccc([C@H]3C4=C(CC(C)(C)CC4=O)Nc4[nH]c(=O)[nH]c(=O)c43)c12. The lowest BCUT2D eigenvalue weighted by Crippen LogP contribution is -2.39. The molecule has 7 heteroatoms. The van der Waals surface area contributed by atoms with Crippen molar-refractivity contribution in [3.63, 3.8) is 0 Å². The highest BCUT2D eigenvalue weighted by atomic mass is 16.5. The van der Waals surface area contributed by atoms with Crippen LogP contribution in [0.5, 0.6) is 5.75 Å². The van der Waals surface area contributed by atoms with Crippen LogP contribution in [0.2, 0.25) is 0 Å². The molecule has 1 aliphatic carbocycles. The van der Waals surface area contributed by atoms with Gasteiger partial charge in [-0.15, -0.1) is 0 Å². The second-order valence-corrected chi connectivity index (χ2v) is 8.99. The van der Waals surface area contributed by atoms with Crippen molar-refractivity contribution in [2.75, 3.05) is 12.4 Å². The molecule has 2 aliphatic rings. The Hall–Kier alpha value is -3.61. The Morgan fingerprint density at radius 3 is 2.48 bits per heavy atom. The van der Waals surface area contributed by atoms with Crippen molar-refractivity contribution < 1.29 is 9.53 Å². The molecule has 1 atom stereocenters. The minimum atomic E-state index is -0.615. The van der Waals surface area contributed by atoms with Crippen LogP contribution in [0.3, 0.4) is 0 Å². The molecule has 0 bridgehead atoms. The number of ether oxygens (including phenoxy) is 1. The van der Waals surface area contributed by atoms with Gasteiger partial charge >= 0.3 is 5.69 Å². The molecule has 5 rings (SSSR count). The maximum absolute atomic E-state index is 13.4. The average Bonchev–Trinajstić information content (AvgIpc) is 2.70. The van der Waals surface area contributed by atoms with E-state index in [1.165, 1.54) is 0 Å². The van der Waals surface area contributed by atoms with Crippen LogP contribution in [0.15, 0.2) is 57.3 Å². The third-order valence-corrected chi connectivity index (χ3v) is 6.18. The second kappa shape index (κ2) is 6.70. The molecule has 1 aliphatic heterocycles. The topological polar surface area (TPSA) is 104 Å². The van der Waals surface area contributed by atoms with Crippen molar-refractivity contribution >= 4 is 22.4 Å². The van der Waals surface area contributed by atoms with E-state index in [1.807, 2.05) is 50.2 Å². The molecule has 0 saturated heterocycles. The maximum atomic E-state index is 13.4. The van der Waals surface area contributed by atoms with Crippen LogP contribution in [0.4, 0.5) is 5.82 Å². The summed E-state index contributed by atoms with van der Waals surface area (Å²) in [6.45, 7) is 4.09. The van der Waals surface area contributed by atoms with Crippen LogP contribution in [0.1, 0.15) is 43.7 Å². The van der Waals surface area contributed by atoms with Gasteiger partial charge in [-0.3, -0.25) is 19.6 Å². The normalized spacial score (nSPS) is 19.6. The Bertz CT molecular complexity index is 1390. The molecular weight excluding hydrogens is 394 g/mol. The number of benzene rings is 2. The summed E-state index contributed by atoms with van der Waals surface area (Å²) in [4.78, 5) is 43.4. The lowest BCUT2D eigenvalue weighted by Gasteiger charge is -2.39. The number of hydrogen-bond donors (Lipinski definition) is 3. The number of carbonyl (C=O) groups is 1. The van der Waals surface area contributed by atoms with Gasteiger partial charge in [0.25, 0.3) is 5.56 Å². The molecule has 2 aromatic carbocycles. The first-order valence-electron chi connectivity index (χ1n) is 10.2. The number of carbonyl (C=O) groups excluding carboxylic acids is 1. The average molecular weight is 417 g/mol. The van der Waals surface area contributed by atoms with E-state index in [0.29, 0.717) is 35.5 Å². The lowest BCUT2D eigenvalue weighted by molar-refractivity contribution is -0.118. The van der Waals surface area contributed by atoms with Gasteiger partial charge in [0.15, 0.2) is 5.78 Å². The van der Waals surface area contributed by atoms with E-state index < -0.39 is 17.2 Å². The smallest absolute Gasteiger partial charge is 0.327 e. The lowest BCUT2D eigenvalue weighted by atomic mass is 9.69.